The van der Waals surface area contributed by atoms with Gasteiger partial charge in [-0.1, -0.05) is 31.5 Å². The molecule has 0 spiro atoms. The van der Waals surface area contributed by atoms with E-state index in [0.717, 1.165) is 25.4 Å². The second-order valence-corrected chi connectivity index (χ2v) is 4.51. The minimum Gasteiger partial charge on any atom is -0.493 e. The molecule has 1 atom stereocenters. The van der Waals surface area contributed by atoms with Crippen molar-refractivity contribution in [3.8, 4) is 5.75 Å². The predicted molar refractivity (Wildman–Crippen MR) is 69.3 cm³/mol. The summed E-state index contributed by atoms with van der Waals surface area (Å²) < 4.78 is 5.65. The Morgan fingerprint density at radius 3 is 2.94 bits per heavy atom. The molecule has 0 aromatic heterocycles. The third kappa shape index (κ3) is 5.38. The molecule has 0 aliphatic heterocycles. The van der Waals surface area contributed by atoms with E-state index in [1.54, 1.807) is 0 Å². The number of nitrogens with one attached hydrogen (secondary N) is 1. The van der Waals surface area contributed by atoms with Crippen molar-refractivity contribution < 1.29 is 4.74 Å². The van der Waals surface area contributed by atoms with Crippen LogP contribution in [0.25, 0.3) is 0 Å². The Morgan fingerprint density at radius 1 is 1.44 bits per heavy atom. The van der Waals surface area contributed by atoms with Crippen LogP contribution in [-0.2, 0) is 0 Å². The van der Waals surface area contributed by atoms with Crippen molar-refractivity contribution in [2.24, 2.45) is 5.92 Å². The van der Waals surface area contributed by atoms with Crippen LogP contribution < -0.4 is 10.1 Å². The quantitative estimate of drug-likeness (QED) is 0.740. The van der Waals surface area contributed by atoms with Gasteiger partial charge in [-0.3, -0.25) is 0 Å². The Kier molecular flexibility index (Phi) is 6.27. The summed E-state index contributed by atoms with van der Waals surface area (Å²) >= 11 is 5.87. The maximum atomic E-state index is 5.87. The highest BCUT2D eigenvalue weighted by Gasteiger charge is 2.02. The molecule has 0 saturated heterocycles. The van der Waals surface area contributed by atoms with Crippen molar-refractivity contribution in [1.82, 2.24) is 5.32 Å². The Bertz CT molecular complexity index is 304. The largest absolute Gasteiger partial charge is 0.493 e. The van der Waals surface area contributed by atoms with Gasteiger partial charge in [0.1, 0.15) is 5.75 Å². The minimum absolute atomic E-state index is 0.505. The first-order valence-corrected chi connectivity index (χ1v) is 6.19. The number of hydrogen-bond donors (Lipinski definition) is 1. The minimum atomic E-state index is 0.505. The second kappa shape index (κ2) is 7.53. The fourth-order valence-electron chi connectivity index (χ4n) is 1.38. The molecule has 1 N–H and O–H groups in total. The van der Waals surface area contributed by atoms with Crippen LogP contribution >= 0.6 is 11.6 Å². The number of benzene rings is 1. The lowest BCUT2D eigenvalue weighted by atomic mass is 10.2. The molecule has 0 aliphatic rings. The average Bonchev–Trinajstić information content (AvgIpc) is 2.27. The molecule has 0 fully saturated rings. The van der Waals surface area contributed by atoms with Gasteiger partial charge in [0.2, 0.25) is 0 Å². The smallest absolute Gasteiger partial charge is 0.120 e. The summed E-state index contributed by atoms with van der Waals surface area (Å²) in [5, 5.41) is 4.09. The van der Waals surface area contributed by atoms with E-state index >= 15 is 0 Å². The second-order valence-electron chi connectivity index (χ2n) is 4.08. The maximum Gasteiger partial charge on any atom is 0.120 e. The van der Waals surface area contributed by atoms with Gasteiger partial charge in [-0.2, -0.15) is 0 Å². The lowest BCUT2D eigenvalue weighted by molar-refractivity contribution is 0.256. The van der Waals surface area contributed by atoms with Gasteiger partial charge in [0.05, 0.1) is 6.61 Å². The van der Waals surface area contributed by atoms with Crippen molar-refractivity contribution in [1.29, 1.82) is 0 Å². The summed E-state index contributed by atoms with van der Waals surface area (Å²) in [5.74, 6) is 1.35. The van der Waals surface area contributed by atoms with Gasteiger partial charge < -0.3 is 10.1 Å². The summed E-state index contributed by atoms with van der Waals surface area (Å²) in [5.41, 5.74) is 0. The molecule has 2 nitrogen and oxygen atoms in total. The SMILES string of the molecule is CCCNCC(C)COc1cccc(Cl)c1. The lowest BCUT2D eigenvalue weighted by Gasteiger charge is -2.13. The van der Waals surface area contributed by atoms with Crippen LogP contribution in [0.2, 0.25) is 5.02 Å². The van der Waals surface area contributed by atoms with Crippen LogP contribution in [0.4, 0.5) is 0 Å². The van der Waals surface area contributed by atoms with Crippen LogP contribution in [0.1, 0.15) is 20.3 Å². The third-order valence-corrected chi connectivity index (χ3v) is 2.49. The zero-order valence-electron chi connectivity index (χ0n) is 10.0. The molecule has 0 bridgehead atoms. The van der Waals surface area contributed by atoms with Gasteiger partial charge in [0.25, 0.3) is 0 Å². The van der Waals surface area contributed by atoms with Crippen LogP contribution in [0, 0.1) is 5.92 Å². The van der Waals surface area contributed by atoms with E-state index in [0.29, 0.717) is 10.9 Å². The van der Waals surface area contributed by atoms with E-state index < -0.39 is 0 Å². The van der Waals surface area contributed by atoms with Crippen LogP contribution in [0.3, 0.4) is 0 Å². The fourth-order valence-corrected chi connectivity index (χ4v) is 1.56. The van der Waals surface area contributed by atoms with E-state index in [1.165, 1.54) is 6.42 Å². The number of rotatable bonds is 7. The molecule has 0 aliphatic carbocycles. The Balaban J connectivity index is 2.23. The van der Waals surface area contributed by atoms with Crippen LogP contribution in [-0.4, -0.2) is 19.7 Å². The molecule has 1 aromatic rings. The Morgan fingerprint density at radius 2 is 2.25 bits per heavy atom. The highest BCUT2D eigenvalue weighted by molar-refractivity contribution is 6.30. The maximum absolute atomic E-state index is 5.87. The summed E-state index contributed by atoms with van der Waals surface area (Å²) in [6, 6.07) is 7.52. The molecule has 16 heavy (non-hydrogen) atoms. The van der Waals surface area contributed by atoms with E-state index in [-0.39, 0.29) is 0 Å². The standard InChI is InChI=1S/C13H20ClNO/c1-3-7-15-9-11(2)10-16-13-6-4-5-12(14)8-13/h4-6,8,11,15H,3,7,9-10H2,1-2H3. The van der Waals surface area contributed by atoms with Gasteiger partial charge in [-0.05, 0) is 31.2 Å². The number of ether oxygens (including phenoxy) is 1. The van der Waals surface area contributed by atoms with E-state index in [9.17, 15) is 0 Å². The van der Waals surface area contributed by atoms with Crippen molar-refractivity contribution in [3.63, 3.8) is 0 Å². The van der Waals surface area contributed by atoms with Crippen LogP contribution in [0.5, 0.6) is 5.75 Å². The number of hydrogen-bond acceptors (Lipinski definition) is 2. The molecule has 1 rings (SSSR count). The summed E-state index contributed by atoms with van der Waals surface area (Å²) in [4.78, 5) is 0. The Labute approximate surface area is 103 Å². The fraction of sp³-hybridized carbons (Fsp3) is 0.538. The topological polar surface area (TPSA) is 21.3 Å². The summed E-state index contributed by atoms with van der Waals surface area (Å²) in [6.07, 6.45) is 1.17. The molecule has 0 radical (unpaired) electrons. The molecule has 0 amide bonds. The molecule has 0 saturated carbocycles. The highest BCUT2D eigenvalue weighted by atomic mass is 35.5. The molecule has 0 heterocycles. The first kappa shape index (κ1) is 13.3. The molecule has 90 valence electrons. The van der Waals surface area contributed by atoms with E-state index in [2.05, 4.69) is 19.2 Å². The van der Waals surface area contributed by atoms with E-state index in [1.807, 2.05) is 24.3 Å². The third-order valence-electron chi connectivity index (χ3n) is 2.25. The summed E-state index contributed by atoms with van der Waals surface area (Å²) in [7, 11) is 0. The highest BCUT2D eigenvalue weighted by Crippen LogP contribution is 2.17. The van der Waals surface area contributed by atoms with Gasteiger partial charge >= 0.3 is 0 Å². The predicted octanol–water partition coefficient (Wildman–Crippen LogP) is 3.35. The molecular weight excluding hydrogens is 222 g/mol. The normalized spacial score (nSPS) is 12.4. The zero-order valence-corrected chi connectivity index (χ0v) is 10.8. The first-order valence-electron chi connectivity index (χ1n) is 5.81. The van der Waals surface area contributed by atoms with Crippen molar-refractivity contribution in [2.45, 2.75) is 20.3 Å². The molecule has 1 aromatic carbocycles. The van der Waals surface area contributed by atoms with Gasteiger partial charge in [-0.15, -0.1) is 0 Å². The zero-order chi connectivity index (χ0) is 11.8. The van der Waals surface area contributed by atoms with Gasteiger partial charge in [0.15, 0.2) is 0 Å². The van der Waals surface area contributed by atoms with Crippen molar-refractivity contribution >= 4 is 11.6 Å². The van der Waals surface area contributed by atoms with Gasteiger partial charge in [-0.25, -0.2) is 0 Å². The van der Waals surface area contributed by atoms with E-state index in [4.69, 9.17) is 16.3 Å². The first-order chi connectivity index (χ1) is 7.72. The van der Waals surface area contributed by atoms with Crippen LogP contribution in [0.15, 0.2) is 24.3 Å². The van der Waals surface area contributed by atoms with Crippen molar-refractivity contribution in [2.75, 3.05) is 19.7 Å². The molecular formula is C13H20ClNO. The van der Waals surface area contributed by atoms with Crippen molar-refractivity contribution in [3.05, 3.63) is 29.3 Å². The molecule has 3 heteroatoms. The number of halogens is 1. The summed E-state index contributed by atoms with van der Waals surface area (Å²) in [6.45, 7) is 7.13. The average molecular weight is 242 g/mol. The van der Waals surface area contributed by atoms with Gasteiger partial charge in [0, 0.05) is 17.5 Å². The lowest BCUT2D eigenvalue weighted by Crippen LogP contribution is -2.25. The molecule has 1 unspecified atom stereocenters. The Hall–Kier alpha value is -0.730. The monoisotopic (exact) mass is 241 g/mol.